The highest BCUT2D eigenvalue weighted by atomic mass is 32.2. The van der Waals surface area contributed by atoms with E-state index in [2.05, 4.69) is 0 Å². The smallest absolute Gasteiger partial charge is 0.244 e. The number of aliphatic hydroxyl groups is 1. The number of hydrogen-bond donors (Lipinski definition) is 2. The molecule has 0 heterocycles. The molecule has 3 N–H and O–H groups in total. The largest absolute Gasteiger partial charge is 0.396 e. The van der Waals surface area contributed by atoms with Crippen molar-refractivity contribution in [2.45, 2.75) is 18.2 Å². The van der Waals surface area contributed by atoms with E-state index in [9.17, 15) is 8.42 Å². The lowest BCUT2D eigenvalue weighted by molar-refractivity contribution is 0.289. The molecule has 1 aromatic rings. The molecular formula is C13H23N3O3S. The zero-order chi connectivity index (χ0) is 15.3. The van der Waals surface area contributed by atoms with Gasteiger partial charge in [-0.25, -0.2) is 12.7 Å². The van der Waals surface area contributed by atoms with Crippen LogP contribution in [0, 0.1) is 0 Å². The van der Waals surface area contributed by atoms with Gasteiger partial charge < -0.3 is 15.7 Å². The summed E-state index contributed by atoms with van der Waals surface area (Å²) < 4.78 is 25.6. The summed E-state index contributed by atoms with van der Waals surface area (Å²) in [4.78, 5) is 2.07. The molecule has 0 spiro atoms. The molecule has 0 unspecified atom stereocenters. The topological polar surface area (TPSA) is 86.9 Å². The third kappa shape index (κ3) is 3.41. The Morgan fingerprint density at radius 2 is 1.95 bits per heavy atom. The van der Waals surface area contributed by atoms with Crippen LogP contribution < -0.4 is 10.6 Å². The van der Waals surface area contributed by atoms with Crippen LogP contribution in [0.5, 0.6) is 0 Å². The van der Waals surface area contributed by atoms with Gasteiger partial charge in [-0.15, -0.1) is 0 Å². The molecule has 20 heavy (non-hydrogen) atoms. The Morgan fingerprint density at radius 3 is 2.45 bits per heavy atom. The summed E-state index contributed by atoms with van der Waals surface area (Å²) in [6.45, 7) is 3.37. The number of hydrogen-bond acceptors (Lipinski definition) is 5. The van der Waals surface area contributed by atoms with Crippen LogP contribution in [0.2, 0.25) is 0 Å². The van der Waals surface area contributed by atoms with Crippen molar-refractivity contribution in [1.82, 2.24) is 4.31 Å². The number of nitrogens with zero attached hydrogens (tertiary/aromatic N) is 2. The minimum absolute atomic E-state index is 0.0894. The number of nitrogen functional groups attached to an aromatic ring is 1. The van der Waals surface area contributed by atoms with Gasteiger partial charge in [0.1, 0.15) is 4.90 Å². The zero-order valence-electron chi connectivity index (χ0n) is 12.2. The van der Waals surface area contributed by atoms with Gasteiger partial charge in [-0.3, -0.25) is 0 Å². The van der Waals surface area contributed by atoms with Gasteiger partial charge in [0.2, 0.25) is 10.0 Å². The first-order chi connectivity index (χ1) is 9.36. The summed E-state index contributed by atoms with van der Waals surface area (Å²) in [7, 11) is -0.606. The fourth-order valence-corrected chi connectivity index (χ4v) is 2.97. The quantitative estimate of drug-likeness (QED) is 0.725. The van der Waals surface area contributed by atoms with Crippen LogP contribution in [0.3, 0.4) is 0 Å². The normalized spacial score (nSPS) is 11.8. The summed E-state index contributed by atoms with van der Waals surface area (Å²) in [5.74, 6) is 0. The van der Waals surface area contributed by atoms with E-state index in [-0.39, 0.29) is 17.2 Å². The van der Waals surface area contributed by atoms with Gasteiger partial charge in [0.05, 0.1) is 11.4 Å². The van der Waals surface area contributed by atoms with Gasteiger partial charge in [0.15, 0.2) is 0 Å². The van der Waals surface area contributed by atoms with E-state index in [0.717, 1.165) is 4.31 Å². The van der Waals surface area contributed by atoms with Crippen molar-refractivity contribution in [3.8, 4) is 0 Å². The molecule has 0 aliphatic carbocycles. The average Bonchev–Trinajstić information content (AvgIpc) is 2.40. The second kappa shape index (κ2) is 6.92. The second-order valence-corrected chi connectivity index (χ2v) is 6.75. The molecule has 1 aromatic carbocycles. The van der Waals surface area contributed by atoms with Crippen LogP contribution >= 0.6 is 0 Å². The van der Waals surface area contributed by atoms with Gasteiger partial charge >= 0.3 is 0 Å². The van der Waals surface area contributed by atoms with E-state index in [0.29, 0.717) is 25.2 Å². The number of nitrogens with two attached hydrogens (primary N) is 1. The number of aliphatic hydroxyl groups excluding tert-OH is 1. The monoisotopic (exact) mass is 301 g/mol. The highest BCUT2D eigenvalue weighted by Crippen LogP contribution is 2.31. The van der Waals surface area contributed by atoms with E-state index in [1.165, 1.54) is 20.2 Å². The van der Waals surface area contributed by atoms with Gasteiger partial charge in [0, 0.05) is 33.8 Å². The van der Waals surface area contributed by atoms with Crippen molar-refractivity contribution in [3.05, 3.63) is 18.2 Å². The molecule has 0 bridgehead atoms. The number of rotatable bonds is 7. The molecule has 0 atom stereocenters. The molecule has 0 aliphatic rings. The summed E-state index contributed by atoms with van der Waals surface area (Å²) in [5.41, 5.74) is 6.98. The molecule has 0 saturated heterocycles. The summed E-state index contributed by atoms with van der Waals surface area (Å²) in [6, 6.07) is 4.99. The van der Waals surface area contributed by atoms with Crippen LogP contribution in [-0.4, -0.2) is 51.6 Å². The van der Waals surface area contributed by atoms with Crippen molar-refractivity contribution >= 4 is 21.4 Å². The molecule has 0 fully saturated rings. The Balaban J connectivity index is 3.25. The van der Waals surface area contributed by atoms with Crippen molar-refractivity contribution in [1.29, 1.82) is 0 Å². The highest BCUT2D eigenvalue weighted by molar-refractivity contribution is 7.89. The van der Waals surface area contributed by atoms with E-state index >= 15 is 0 Å². The van der Waals surface area contributed by atoms with E-state index in [1.807, 2.05) is 11.8 Å². The molecule has 7 heteroatoms. The SMILES string of the molecule is CCN(CCCO)c1cccc(S(=O)(=O)N(C)C)c1N. The lowest BCUT2D eigenvalue weighted by Gasteiger charge is -2.25. The maximum atomic E-state index is 12.2. The predicted molar refractivity (Wildman–Crippen MR) is 81.3 cm³/mol. The molecule has 0 radical (unpaired) electrons. The first kappa shape index (κ1) is 16.7. The zero-order valence-corrected chi connectivity index (χ0v) is 13.0. The predicted octanol–water partition coefficient (Wildman–Crippen LogP) is 0.728. The number of benzene rings is 1. The third-order valence-corrected chi connectivity index (χ3v) is 4.98. The fraction of sp³-hybridized carbons (Fsp3) is 0.538. The summed E-state index contributed by atoms with van der Waals surface area (Å²) in [6.07, 6.45) is 0.609. The van der Waals surface area contributed by atoms with Crippen molar-refractivity contribution in [3.63, 3.8) is 0 Å². The lowest BCUT2D eigenvalue weighted by atomic mass is 10.2. The Bertz CT molecular complexity index is 544. The lowest BCUT2D eigenvalue weighted by Crippen LogP contribution is -2.27. The van der Waals surface area contributed by atoms with E-state index in [4.69, 9.17) is 10.8 Å². The first-order valence-corrected chi connectivity index (χ1v) is 7.97. The van der Waals surface area contributed by atoms with Crippen molar-refractivity contribution in [2.75, 3.05) is 44.4 Å². The minimum Gasteiger partial charge on any atom is -0.396 e. The summed E-state index contributed by atoms with van der Waals surface area (Å²) >= 11 is 0. The molecular weight excluding hydrogens is 278 g/mol. The Labute approximate surface area is 120 Å². The molecule has 6 nitrogen and oxygen atoms in total. The Kier molecular flexibility index (Phi) is 5.79. The minimum atomic E-state index is -3.56. The Hall–Kier alpha value is -1.31. The van der Waals surface area contributed by atoms with Crippen LogP contribution in [0.4, 0.5) is 11.4 Å². The molecule has 0 aromatic heterocycles. The molecule has 0 aliphatic heterocycles. The second-order valence-electron chi connectivity index (χ2n) is 4.63. The molecule has 0 amide bonds. The van der Waals surface area contributed by atoms with Gasteiger partial charge in [-0.05, 0) is 25.5 Å². The molecule has 114 valence electrons. The van der Waals surface area contributed by atoms with Gasteiger partial charge in [-0.2, -0.15) is 0 Å². The van der Waals surface area contributed by atoms with E-state index in [1.54, 1.807) is 12.1 Å². The highest BCUT2D eigenvalue weighted by Gasteiger charge is 2.22. The Morgan fingerprint density at radius 1 is 1.30 bits per heavy atom. The van der Waals surface area contributed by atoms with Crippen LogP contribution in [0.25, 0.3) is 0 Å². The number of para-hydroxylation sites is 1. The first-order valence-electron chi connectivity index (χ1n) is 6.53. The standard InChI is InChI=1S/C13H23N3O3S/c1-4-16(9-6-10-17)11-7-5-8-12(13(11)14)20(18,19)15(2)3/h5,7-8,17H,4,6,9-10,14H2,1-3H3. The van der Waals surface area contributed by atoms with Crippen LogP contribution in [-0.2, 0) is 10.0 Å². The molecule has 1 rings (SSSR count). The third-order valence-electron chi connectivity index (χ3n) is 3.11. The van der Waals surface area contributed by atoms with Crippen molar-refractivity contribution in [2.24, 2.45) is 0 Å². The van der Waals surface area contributed by atoms with Gasteiger partial charge in [-0.1, -0.05) is 6.07 Å². The average molecular weight is 301 g/mol. The van der Waals surface area contributed by atoms with Crippen molar-refractivity contribution < 1.29 is 13.5 Å². The van der Waals surface area contributed by atoms with Gasteiger partial charge in [0.25, 0.3) is 0 Å². The van der Waals surface area contributed by atoms with E-state index < -0.39 is 10.0 Å². The maximum Gasteiger partial charge on any atom is 0.244 e. The molecule has 0 saturated carbocycles. The maximum absolute atomic E-state index is 12.2. The van der Waals surface area contributed by atoms with Crippen LogP contribution in [0.1, 0.15) is 13.3 Å². The van der Waals surface area contributed by atoms with Crippen LogP contribution in [0.15, 0.2) is 23.1 Å². The summed E-state index contributed by atoms with van der Waals surface area (Å²) in [5, 5.41) is 8.92. The fourth-order valence-electron chi connectivity index (χ4n) is 1.94. The number of anilines is 2. The number of sulfonamides is 1.